The highest BCUT2D eigenvalue weighted by Crippen LogP contribution is 2.26. The van der Waals surface area contributed by atoms with Gasteiger partial charge in [0.05, 0.1) is 18.9 Å². The molecule has 1 aromatic heterocycles. The first-order chi connectivity index (χ1) is 12.4. The zero-order valence-corrected chi connectivity index (χ0v) is 14.7. The summed E-state index contributed by atoms with van der Waals surface area (Å²) < 4.78 is 5.49. The Morgan fingerprint density at radius 2 is 1.84 bits per heavy atom. The molecule has 0 spiro atoms. The lowest BCUT2D eigenvalue weighted by atomic mass is 10.0. The topological polar surface area (TPSA) is 41.5 Å². The maximum Gasteiger partial charge on any atom is 0.136 e. The van der Waals surface area contributed by atoms with Crippen LogP contribution in [-0.4, -0.2) is 54.3 Å². The average molecular weight is 338 g/mol. The van der Waals surface area contributed by atoms with Crippen LogP contribution in [0.2, 0.25) is 0 Å². The van der Waals surface area contributed by atoms with Gasteiger partial charge in [-0.1, -0.05) is 30.3 Å². The standard InChI is InChI=1S/C20H26N4O/c1-2-5-17(6-3-1)7-4-9-23-10-8-19-18(15-23)20(22-16-21-19)24-11-13-25-14-12-24/h1-3,5-6,16H,4,7-15H2. The molecule has 4 rings (SSSR count). The Balaban J connectivity index is 1.39. The summed E-state index contributed by atoms with van der Waals surface area (Å²) in [6, 6.07) is 10.8. The molecular weight excluding hydrogens is 312 g/mol. The van der Waals surface area contributed by atoms with Crippen LogP contribution < -0.4 is 4.90 Å². The summed E-state index contributed by atoms with van der Waals surface area (Å²) in [6.45, 7) is 6.64. The maximum absolute atomic E-state index is 5.49. The number of nitrogens with zero attached hydrogens (tertiary/aromatic N) is 4. The normalized spacial score (nSPS) is 18.2. The molecule has 1 fully saturated rings. The lowest BCUT2D eigenvalue weighted by Crippen LogP contribution is -2.39. The van der Waals surface area contributed by atoms with Crippen LogP contribution in [0.5, 0.6) is 0 Å². The van der Waals surface area contributed by atoms with E-state index in [0.717, 1.165) is 64.6 Å². The molecule has 0 bridgehead atoms. The number of benzene rings is 1. The predicted octanol–water partition coefficient (Wildman–Crippen LogP) is 2.30. The molecule has 0 radical (unpaired) electrons. The second-order valence-electron chi connectivity index (χ2n) is 6.84. The van der Waals surface area contributed by atoms with Gasteiger partial charge in [-0.05, 0) is 24.9 Å². The molecule has 2 aliphatic heterocycles. The Hall–Kier alpha value is -1.98. The van der Waals surface area contributed by atoms with Crippen molar-refractivity contribution in [3.05, 3.63) is 53.5 Å². The molecule has 0 atom stereocenters. The fourth-order valence-corrected chi connectivity index (χ4v) is 3.77. The monoisotopic (exact) mass is 338 g/mol. The van der Waals surface area contributed by atoms with Gasteiger partial charge in [0.15, 0.2) is 0 Å². The van der Waals surface area contributed by atoms with Gasteiger partial charge in [0.1, 0.15) is 12.1 Å². The van der Waals surface area contributed by atoms with Crippen LogP contribution in [0.4, 0.5) is 5.82 Å². The van der Waals surface area contributed by atoms with E-state index in [1.807, 2.05) is 0 Å². The van der Waals surface area contributed by atoms with E-state index in [1.165, 1.54) is 23.2 Å². The van der Waals surface area contributed by atoms with Crippen molar-refractivity contribution in [1.82, 2.24) is 14.9 Å². The molecule has 0 amide bonds. The minimum absolute atomic E-state index is 0.791. The Kier molecular flexibility index (Phi) is 5.23. The van der Waals surface area contributed by atoms with Crippen LogP contribution in [0, 0.1) is 0 Å². The minimum Gasteiger partial charge on any atom is -0.378 e. The summed E-state index contributed by atoms with van der Waals surface area (Å²) in [7, 11) is 0. The largest absolute Gasteiger partial charge is 0.378 e. The number of hydrogen-bond acceptors (Lipinski definition) is 5. The quantitative estimate of drug-likeness (QED) is 0.837. The molecule has 3 heterocycles. The molecule has 25 heavy (non-hydrogen) atoms. The van der Waals surface area contributed by atoms with Gasteiger partial charge in [0.2, 0.25) is 0 Å². The van der Waals surface area contributed by atoms with E-state index in [0.29, 0.717) is 0 Å². The molecule has 0 saturated carbocycles. The number of morpholine rings is 1. The van der Waals surface area contributed by atoms with Gasteiger partial charge in [-0.2, -0.15) is 0 Å². The van der Waals surface area contributed by atoms with Crippen LogP contribution in [-0.2, 0) is 24.1 Å². The predicted molar refractivity (Wildman–Crippen MR) is 98.8 cm³/mol. The summed E-state index contributed by atoms with van der Waals surface area (Å²) >= 11 is 0. The number of aromatic nitrogens is 2. The second kappa shape index (κ2) is 7.93. The number of ether oxygens (including phenoxy) is 1. The molecule has 0 N–H and O–H groups in total. The first kappa shape index (κ1) is 16.5. The van der Waals surface area contributed by atoms with Crippen LogP contribution in [0.3, 0.4) is 0 Å². The summed E-state index contributed by atoms with van der Waals surface area (Å²) in [6.07, 6.45) is 5.10. The summed E-state index contributed by atoms with van der Waals surface area (Å²) in [4.78, 5) is 14.1. The van der Waals surface area contributed by atoms with E-state index in [-0.39, 0.29) is 0 Å². The molecule has 2 aliphatic rings. The van der Waals surface area contributed by atoms with Crippen molar-refractivity contribution < 1.29 is 4.74 Å². The van der Waals surface area contributed by atoms with Crippen LogP contribution in [0.1, 0.15) is 23.2 Å². The molecule has 2 aromatic rings. The van der Waals surface area contributed by atoms with Gasteiger partial charge < -0.3 is 9.64 Å². The Morgan fingerprint density at radius 3 is 2.68 bits per heavy atom. The van der Waals surface area contributed by atoms with Gasteiger partial charge in [-0.3, -0.25) is 4.90 Å². The van der Waals surface area contributed by atoms with Crippen molar-refractivity contribution in [2.24, 2.45) is 0 Å². The number of rotatable bonds is 5. The van der Waals surface area contributed by atoms with Gasteiger partial charge in [0.25, 0.3) is 0 Å². The van der Waals surface area contributed by atoms with E-state index in [2.05, 4.69) is 50.1 Å². The Morgan fingerprint density at radius 1 is 1.00 bits per heavy atom. The molecule has 5 nitrogen and oxygen atoms in total. The molecular formula is C20H26N4O. The van der Waals surface area contributed by atoms with E-state index >= 15 is 0 Å². The highest BCUT2D eigenvalue weighted by molar-refractivity contribution is 5.49. The van der Waals surface area contributed by atoms with E-state index in [9.17, 15) is 0 Å². The highest BCUT2D eigenvalue weighted by atomic mass is 16.5. The fourth-order valence-electron chi connectivity index (χ4n) is 3.77. The Bertz CT molecular complexity index is 685. The zero-order chi connectivity index (χ0) is 16.9. The lowest BCUT2D eigenvalue weighted by molar-refractivity contribution is 0.122. The van der Waals surface area contributed by atoms with Crippen molar-refractivity contribution in [3.63, 3.8) is 0 Å². The maximum atomic E-state index is 5.49. The lowest BCUT2D eigenvalue weighted by Gasteiger charge is -2.34. The molecule has 132 valence electrons. The number of anilines is 1. The summed E-state index contributed by atoms with van der Waals surface area (Å²) in [5, 5.41) is 0. The molecule has 0 aliphatic carbocycles. The first-order valence-corrected chi connectivity index (χ1v) is 9.32. The van der Waals surface area contributed by atoms with Crippen molar-refractivity contribution >= 4 is 5.82 Å². The van der Waals surface area contributed by atoms with E-state index < -0.39 is 0 Å². The van der Waals surface area contributed by atoms with Crippen LogP contribution in [0.15, 0.2) is 36.7 Å². The fraction of sp³-hybridized carbons (Fsp3) is 0.500. The summed E-state index contributed by atoms with van der Waals surface area (Å²) in [5.74, 6) is 1.13. The highest BCUT2D eigenvalue weighted by Gasteiger charge is 2.24. The van der Waals surface area contributed by atoms with Gasteiger partial charge >= 0.3 is 0 Å². The number of aryl methyl sites for hydroxylation is 1. The third-order valence-electron chi connectivity index (χ3n) is 5.15. The minimum atomic E-state index is 0.791. The van der Waals surface area contributed by atoms with Gasteiger partial charge in [-0.15, -0.1) is 0 Å². The van der Waals surface area contributed by atoms with Crippen molar-refractivity contribution in [2.45, 2.75) is 25.8 Å². The third-order valence-corrected chi connectivity index (χ3v) is 5.15. The SMILES string of the molecule is c1ccc(CCCN2CCc3ncnc(N4CCOCC4)c3C2)cc1. The third kappa shape index (κ3) is 3.99. The van der Waals surface area contributed by atoms with Crippen molar-refractivity contribution in [2.75, 3.05) is 44.3 Å². The molecule has 1 saturated heterocycles. The molecule has 5 heteroatoms. The number of hydrogen-bond donors (Lipinski definition) is 0. The van der Waals surface area contributed by atoms with Gasteiger partial charge in [-0.25, -0.2) is 9.97 Å². The van der Waals surface area contributed by atoms with Crippen LogP contribution >= 0.6 is 0 Å². The van der Waals surface area contributed by atoms with Crippen molar-refractivity contribution in [3.8, 4) is 0 Å². The van der Waals surface area contributed by atoms with Gasteiger partial charge in [0, 0.05) is 38.2 Å². The molecule has 1 aromatic carbocycles. The smallest absolute Gasteiger partial charge is 0.136 e. The number of fused-ring (bicyclic) bond motifs is 1. The van der Waals surface area contributed by atoms with E-state index in [4.69, 9.17) is 4.74 Å². The first-order valence-electron chi connectivity index (χ1n) is 9.32. The van der Waals surface area contributed by atoms with E-state index in [1.54, 1.807) is 6.33 Å². The van der Waals surface area contributed by atoms with Crippen LogP contribution in [0.25, 0.3) is 0 Å². The Labute approximate surface area is 149 Å². The zero-order valence-electron chi connectivity index (χ0n) is 14.7. The summed E-state index contributed by atoms with van der Waals surface area (Å²) in [5.41, 5.74) is 3.99. The second-order valence-corrected chi connectivity index (χ2v) is 6.84. The average Bonchev–Trinajstić information content (AvgIpc) is 2.69. The van der Waals surface area contributed by atoms with Crippen molar-refractivity contribution in [1.29, 1.82) is 0 Å². The molecule has 0 unspecified atom stereocenters.